The number of carbonyl (C=O) groups is 1. The number of amides is 1. The summed E-state index contributed by atoms with van der Waals surface area (Å²) in [6, 6.07) is 13.3. The second kappa shape index (κ2) is 7.06. The van der Waals surface area contributed by atoms with E-state index in [0.717, 1.165) is 21.0 Å². The molecule has 4 aromatic rings. The van der Waals surface area contributed by atoms with E-state index in [-0.39, 0.29) is 5.69 Å². The first kappa shape index (κ1) is 18.1. The third-order valence-corrected chi connectivity index (χ3v) is 5.11. The number of benzene rings is 2. The normalized spacial score (nSPS) is 10.9. The van der Waals surface area contributed by atoms with Crippen LogP contribution in [0.2, 0.25) is 5.02 Å². The molecule has 9 heteroatoms. The number of halogens is 1. The number of hydrogen-bond donors (Lipinski definition) is 2. The van der Waals surface area contributed by atoms with E-state index in [1.54, 1.807) is 36.4 Å². The van der Waals surface area contributed by atoms with E-state index in [4.69, 9.17) is 11.6 Å². The van der Waals surface area contributed by atoms with Crippen molar-refractivity contribution in [3.8, 4) is 11.4 Å². The topological polar surface area (TPSA) is 97.1 Å². The Morgan fingerprint density at radius 1 is 1.21 bits per heavy atom. The largest absolute Gasteiger partial charge is 0.505 e. The van der Waals surface area contributed by atoms with Crippen molar-refractivity contribution in [3.63, 3.8) is 0 Å². The van der Waals surface area contributed by atoms with E-state index in [2.05, 4.69) is 15.4 Å². The van der Waals surface area contributed by atoms with Gasteiger partial charge in [0.1, 0.15) is 0 Å². The summed E-state index contributed by atoms with van der Waals surface area (Å²) >= 11 is 7.21. The quantitative estimate of drug-likeness (QED) is 0.534. The molecule has 28 heavy (non-hydrogen) atoms. The van der Waals surface area contributed by atoms with Gasteiger partial charge in [-0.15, -0.1) is 0 Å². The van der Waals surface area contributed by atoms with Crippen LogP contribution >= 0.6 is 22.9 Å². The lowest BCUT2D eigenvalue weighted by atomic mass is 10.2. The highest BCUT2D eigenvalue weighted by Crippen LogP contribution is 2.28. The maximum Gasteiger partial charge on any atom is 0.281 e. The Morgan fingerprint density at radius 2 is 2.04 bits per heavy atom. The number of anilines is 1. The van der Waals surface area contributed by atoms with Gasteiger partial charge < -0.3 is 5.11 Å². The summed E-state index contributed by atoms with van der Waals surface area (Å²) in [6.07, 6.45) is 0. The molecule has 0 spiro atoms. The molecule has 0 aliphatic carbocycles. The van der Waals surface area contributed by atoms with Crippen molar-refractivity contribution >= 4 is 44.2 Å². The Morgan fingerprint density at radius 3 is 2.82 bits per heavy atom. The molecule has 0 bridgehead atoms. The SMILES string of the molecule is Cc1cccc(-n2nc(C(=O)Nc3nc4ccc(Cl)cc4s3)c(O)cc2=O)c1. The molecule has 0 radical (unpaired) electrons. The van der Waals surface area contributed by atoms with Crippen LogP contribution in [0.15, 0.2) is 53.3 Å². The minimum absolute atomic E-state index is 0.279. The molecule has 2 aromatic carbocycles. The minimum Gasteiger partial charge on any atom is -0.505 e. The van der Waals surface area contributed by atoms with Crippen LogP contribution in [-0.2, 0) is 0 Å². The summed E-state index contributed by atoms with van der Waals surface area (Å²) in [5.41, 5.74) is 1.28. The summed E-state index contributed by atoms with van der Waals surface area (Å²) in [7, 11) is 0. The van der Waals surface area contributed by atoms with Crippen LogP contribution in [-0.4, -0.2) is 25.8 Å². The summed E-state index contributed by atoms with van der Waals surface area (Å²) in [6.45, 7) is 1.88. The minimum atomic E-state index is -0.677. The predicted molar refractivity (Wildman–Crippen MR) is 109 cm³/mol. The first-order valence-corrected chi connectivity index (χ1v) is 9.38. The molecule has 4 rings (SSSR count). The van der Waals surface area contributed by atoms with Gasteiger partial charge in [-0.1, -0.05) is 35.1 Å². The van der Waals surface area contributed by atoms with Gasteiger partial charge in [-0.2, -0.15) is 9.78 Å². The highest BCUT2D eigenvalue weighted by molar-refractivity contribution is 7.22. The van der Waals surface area contributed by atoms with E-state index >= 15 is 0 Å². The van der Waals surface area contributed by atoms with Gasteiger partial charge in [0.05, 0.1) is 15.9 Å². The lowest BCUT2D eigenvalue weighted by molar-refractivity contribution is 0.101. The number of thiazole rings is 1. The van der Waals surface area contributed by atoms with Gasteiger partial charge in [0.2, 0.25) is 0 Å². The molecule has 0 unspecified atom stereocenters. The number of fused-ring (bicyclic) bond motifs is 1. The fraction of sp³-hybridized carbons (Fsp3) is 0.0526. The summed E-state index contributed by atoms with van der Waals surface area (Å²) in [4.78, 5) is 29.2. The van der Waals surface area contributed by atoms with Crippen LogP contribution in [0.25, 0.3) is 15.9 Å². The lowest BCUT2D eigenvalue weighted by Gasteiger charge is -2.09. The van der Waals surface area contributed by atoms with Gasteiger partial charge in [-0.25, -0.2) is 4.98 Å². The maximum absolute atomic E-state index is 12.6. The maximum atomic E-state index is 12.6. The highest BCUT2D eigenvalue weighted by atomic mass is 35.5. The Hall–Kier alpha value is -3.23. The standard InChI is InChI=1S/C19H13ClN4O3S/c1-10-3-2-4-12(7-10)24-16(26)9-14(25)17(23-24)18(27)22-19-21-13-6-5-11(20)8-15(13)28-19/h2-9,25H,1H3,(H,21,22,27). The number of nitrogens with one attached hydrogen (secondary N) is 1. The van der Waals surface area contributed by atoms with Crippen molar-refractivity contribution in [2.45, 2.75) is 6.92 Å². The number of rotatable bonds is 3. The van der Waals surface area contributed by atoms with Gasteiger partial charge in [-0.05, 0) is 42.8 Å². The van der Waals surface area contributed by atoms with Crippen LogP contribution in [0.4, 0.5) is 5.13 Å². The van der Waals surface area contributed by atoms with Gasteiger partial charge in [0.25, 0.3) is 11.5 Å². The fourth-order valence-electron chi connectivity index (χ4n) is 2.66. The second-order valence-electron chi connectivity index (χ2n) is 6.05. The molecule has 0 saturated carbocycles. The summed E-state index contributed by atoms with van der Waals surface area (Å²) in [5, 5.41) is 17.6. The van der Waals surface area contributed by atoms with Gasteiger partial charge in [0, 0.05) is 11.1 Å². The molecular weight excluding hydrogens is 400 g/mol. The van der Waals surface area contributed by atoms with E-state index in [1.807, 2.05) is 13.0 Å². The van der Waals surface area contributed by atoms with Crippen molar-refractivity contribution in [2.24, 2.45) is 0 Å². The zero-order valence-electron chi connectivity index (χ0n) is 14.5. The lowest BCUT2D eigenvalue weighted by Crippen LogP contribution is -2.25. The molecule has 0 aliphatic rings. The fourth-order valence-corrected chi connectivity index (χ4v) is 3.80. The molecule has 0 aliphatic heterocycles. The number of carbonyl (C=O) groups excluding carboxylic acids is 1. The van der Waals surface area contributed by atoms with Crippen LogP contribution in [0, 0.1) is 6.92 Å². The number of aromatic hydroxyl groups is 1. The second-order valence-corrected chi connectivity index (χ2v) is 7.52. The van der Waals surface area contributed by atoms with Crippen LogP contribution in [0.1, 0.15) is 16.1 Å². The molecular formula is C19H13ClN4O3S. The molecule has 2 N–H and O–H groups in total. The third-order valence-electron chi connectivity index (χ3n) is 3.94. The van der Waals surface area contributed by atoms with E-state index in [9.17, 15) is 14.7 Å². The van der Waals surface area contributed by atoms with Gasteiger partial charge in [0.15, 0.2) is 16.6 Å². The Bertz CT molecular complexity index is 1280. The average molecular weight is 413 g/mol. The van der Waals surface area contributed by atoms with Crippen LogP contribution in [0.3, 0.4) is 0 Å². The molecule has 7 nitrogen and oxygen atoms in total. The average Bonchev–Trinajstić information content (AvgIpc) is 3.02. The van der Waals surface area contributed by atoms with Crippen molar-refractivity contribution < 1.29 is 9.90 Å². The summed E-state index contributed by atoms with van der Waals surface area (Å²) < 4.78 is 1.88. The van der Waals surface area contributed by atoms with E-state index < -0.39 is 17.2 Å². The Balaban J connectivity index is 1.70. The van der Waals surface area contributed by atoms with Crippen molar-refractivity contribution in [1.29, 1.82) is 0 Å². The third kappa shape index (κ3) is 3.47. The van der Waals surface area contributed by atoms with Crippen LogP contribution in [0.5, 0.6) is 5.75 Å². The smallest absolute Gasteiger partial charge is 0.281 e. The Labute approximate surface area is 167 Å². The zero-order valence-corrected chi connectivity index (χ0v) is 16.1. The first-order valence-electron chi connectivity index (χ1n) is 8.18. The zero-order chi connectivity index (χ0) is 19.8. The van der Waals surface area contributed by atoms with E-state index in [1.165, 1.54) is 11.3 Å². The van der Waals surface area contributed by atoms with Gasteiger partial charge >= 0.3 is 0 Å². The van der Waals surface area contributed by atoms with Crippen molar-refractivity contribution in [3.05, 3.63) is 75.2 Å². The number of aromatic nitrogens is 3. The molecule has 0 atom stereocenters. The Kier molecular flexibility index (Phi) is 4.58. The molecule has 0 saturated heterocycles. The van der Waals surface area contributed by atoms with Crippen LogP contribution < -0.4 is 10.9 Å². The molecule has 2 aromatic heterocycles. The molecule has 2 heterocycles. The molecule has 1 amide bonds. The first-order chi connectivity index (χ1) is 13.4. The number of nitrogens with zero attached hydrogens (tertiary/aromatic N) is 3. The monoisotopic (exact) mass is 412 g/mol. The number of hydrogen-bond acceptors (Lipinski definition) is 6. The highest BCUT2D eigenvalue weighted by Gasteiger charge is 2.18. The van der Waals surface area contributed by atoms with Crippen molar-refractivity contribution in [2.75, 3.05) is 5.32 Å². The number of aryl methyl sites for hydroxylation is 1. The molecule has 140 valence electrons. The van der Waals surface area contributed by atoms with Crippen molar-refractivity contribution in [1.82, 2.24) is 14.8 Å². The van der Waals surface area contributed by atoms with Gasteiger partial charge in [-0.3, -0.25) is 14.9 Å². The molecule has 0 fully saturated rings. The predicted octanol–water partition coefficient (Wildman–Crippen LogP) is 3.76. The van der Waals surface area contributed by atoms with E-state index in [0.29, 0.717) is 21.4 Å². The summed E-state index contributed by atoms with van der Waals surface area (Å²) in [5.74, 6) is -1.18.